The molecule has 1 amide bonds. The molecule has 30 heavy (non-hydrogen) atoms. The van der Waals surface area contributed by atoms with Gasteiger partial charge in [-0.3, -0.25) is 10.1 Å². The Balaban J connectivity index is 1.31. The number of furan rings is 1. The van der Waals surface area contributed by atoms with Gasteiger partial charge in [-0.05, 0) is 54.7 Å². The SMILES string of the molecule is O=C(NC(=S)Nc1cccc(-c2nc3ccccc3o2)c1)c1cc2ccccc2o1. The zero-order valence-corrected chi connectivity index (χ0v) is 16.4. The van der Waals surface area contributed by atoms with Crippen LogP contribution in [0.4, 0.5) is 5.69 Å². The Bertz CT molecular complexity index is 1340. The van der Waals surface area contributed by atoms with E-state index in [1.807, 2.05) is 66.7 Å². The summed E-state index contributed by atoms with van der Waals surface area (Å²) in [6.07, 6.45) is 0. The third-order valence-electron chi connectivity index (χ3n) is 4.54. The van der Waals surface area contributed by atoms with Crippen LogP contribution in [0.3, 0.4) is 0 Å². The zero-order valence-electron chi connectivity index (χ0n) is 15.6. The highest BCUT2D eigenvalue weighted by atomic mass is 32.1. The van der Waals surface area contributed by atoms with Crippen molar-refractivity contribution in [3.8, 4) is 11.5 Å². The molecule has 5 rings (SSSR count). The van der Waals surface area contributed by atoms with Crippen LogP contribution in [0.25, 0.3) is 33.5 Å². The normalized spacial score (nSPS) is 10.9. The Labute approximate surface area is 176 Å². The monoisotopic (exact) mass is 413 g/mol. The molecule has 0 radical (unpaired) electrons. The second-order valence-electron chi connectivity index (χ2n) is 6.62. The van der Waals surface area contributed by atoms with Crippen molar-refractivity contribution >= 4 is 51.0 Å². The second-order valence-corrected chi connectivity index (χ2v) is 7.03. The Morgan fingerprint density at radius 1 is 0.867 bits per heavy atom. The Hall–Kier alpha value is -3.97. The number of carbonyl (C=O) groups is 1. The number of para-hydroxylation sites is 3. The number of oxazole rings is 1. The van der Waals surface area contributed by atoms with Gasteiger partial charge < -0.3 is 14.2 Å². The lowest BCUT2D eigenvalue weighted by atomic mass is 10.2. The maximum atomic E-state index is 12.4. The van der Waals surface area contributed by atoms with Gasteiger partial charge in [-0.25, -0.2) is 4.98 Å². The summed E-state index contributed by atoms with van der Waals surface area (Å²) < 4.78 is 11.4. The molecule has 6 nitrogen and oxygen atoms in total. The molecule has 2 heterocycles. The fourth-order valence-corrected chi connectivity index (χ4v) is 3.36. The van der Waals surface area contributed by atoms with Crippen molar-refractivity contribution in [3.63, 3.8) is 0 Å². The number of nitrogens with one attached hydrogen (secondary N) is 2. The van der Waals surface area contributed by atoms with Crippen molar-refractivity contribution in [3.05, 3.63) is 84.6 Å². The number of hydrogen-bond donors (Lipinski definition) is 2. The molecule has 0 aliphatic carbocycles. The summed E-state index contributed by atoms with van der Waals surface area (Å²) in [7, 11) is 0. The highest BCUT2D eigenvalue weighted by Gasteiger charge is 2.14. The number of rotatable bonds is 3. The van der Waals surface area contributed by atoms with E-state index < -0.39 is 5.91 Å². The molecule has 0 bridgehead atoms. The van der Waals surface area contributed by atoms with Gasteiger partial charge in [0.15, 0.2) is 16.5 Å². The number of anilines is 1. The lowest BCUT2D eigenvalue weighted by molar-refractivity contribution is 0.0953. The summed E-state index contributed by atoms with van der Waals surface area (Å²) in [5.41, 5.74) is 3.65. The van der Waals surface area contributed by atoms with Gasteiger partial charge in [-0.1, -0.05) is 36.4 Å². The third-order valence-corrected chi connectivity index (χ3v) is 4.74. The maximum Gasteiger partial charge on any atom is 0.293 e. The minimum absolute atomic E-state index is 0.162. The Morgan fingerprint density at radius 3 is 2.50 bits per heavy atom. The quantitative estimate of drug-likeness (QED) is 0.387. The fraction of sp³-hybridized carbons (Fsp3) is 0. The van der Waals surface area contributed by atoms with Crippen LogP contribution in [-0.2, 0) is 0 Å². The first-order valence-corrected chi connectivity index (χ1v) is 9.63. The van der Waals surface area contributed by atoms with Crippen molar-refractivity contribution in [1.29, 1.82) is 0 Å². The van der Waals surface area contributed by atoms with E-state index in [4.69, 9.17) is 21.1 Å². The molecular weight excluding hydrogens is 398 g/mol. The number of nitrogens with zero attached hydrogens (tertiary/aromatic N) is 1. The lowest BCUT2D eigenvalue weighted by Gasteiger charge is -2.09. The molecule has 3 aromatic carbocycles. The number of benzene rings is 3. The van der Waals surface area contributed by atoms with Crippen LogP contribution < -0.4 is 10.6 Å². The Morgan fingerprint density at radius 2 is 1.67 bits per heavy atom. The third kappa shape index (κ3) is 3.54. The van der Waals surface area contributed by atoms with Gasteiger partial charge >= 0.3 is 0 Å². The van der Waals surface area contributed by atoms with Crippen LogP contribution in [-0.4, -0.2) is 16.0 Å². The zero-order chi connectivity index (χ0) is 20.5. The van der Waals surface area contributed by atoms with Gasteiger partial charge in [-0.15, -0.1) is 0 Å². The van der Waals surface area contributed by atoms with E-state index in [0.29, 0.717) is 17.2 Å². The predicted molar refractivity (Wildman–Crippen MR) is 119 cm³/mol. The molecule has 2 N–H and O–H groups in total. The van der Waals surface area contributed by atoms with Crippen LogP contribution >= 0.6 is 12.2 Å². The smallest absolute Gasteiger partial charge is 0.293 e. The summed E-state index contributed by atoms with van der Waals surface area (Å²) in [4.78, 5) is 16.9. The predicted octanol–water partition coefficient (Wildman–Crippen LogP) is 5.37. The molecule has 0 unspecified atom stereocenters. The summed E-state index contributed by atoms with van der Waals surface area (Å²) in [5.74, 6) is 0.288. The fourth-order valence-electron chi connectivity index (χ4n) is 3.15. The first-order chi connectivity index (χ1) is 14.7. The maximum absolute atomic E-state index is 12.4. The summed E-state index contributed by atoms with van der Waals surface area (Å²) in [6.45, 7) is 0. The van der Waals surface area contributed by atoms with Crippen LogP contribution in [0.2, 0.25) is 0 Å². The topological polar surface area (TPSA) is 80.3 Å². The lowest BCUT2D eigenvalue weighted by Crippen LogP contribution is -2.33. The van der Waals surface area contributed by atoms with E-state index in [1.165, 1.54) is 0 Å². The summed E-state index contributed by atoms with van der Waals surface area (Å²) in [6, 6.07) is 24.1. The van der Waals surface area contributed by atoms with Gasteiger partial charge in [0.2, 0.25) is 5.89 Å². The first kappa shape index (κ1) is 18.1. The van der Waals surface area contributed by atoms with Gasteiger partial charge in [-0.2, -0.15) is 0 Å². The first-order valence-electron chi connectivity index (χ1n) is 9.23. The molecular formula is C23H15N3O3S. The van der Waals surface area contributed by atoms with Gasteiger partial charge in [0.25, 0.3) is 5.91 Å². The standard InChI is InChI=1S/C23H15N3O3S/c27-21(20-13-14-6-1-3-10-18(14)28-20)26-23(30)24-16-8-5-7-15(12-16)22-25-17-9-2-4-11-19(17)29-22/h1-13H,(H2,24,26,27,30). The van der Waals surface area contributed by atoms with E-state index in [2.05, 4.69) is 15.6 Å². The molecule has 0 spiro atoms. The van der Waals surface area contributed by atoms with E-state index >= 15 is 0 Å². The van der Waals surface area contributed by atoms with Crippen molar-refractivity contribution in [2.45, 2.75) is 0 Å². The highest BCUT2D eigenvalue weighted by molar-refractivity contribution is 7.80. The van der Waals surface area contributed by atoms with Crippen molar-refractivity contribution in [1.82, 2.24) is 10.3 Å². The molecule has 0 aliphatic rings. The highest BCUT2D eigenvalue weighted by Crippen LogP contribution is 2.26. The summed E-state index contributed by atoms with van der Waals surface area (Å²) in [5, 5.41) is 6.66. The molecule has 0 atom stereocenters. The van der Waals surface area contributed by atoms with Crippen LogP contribution in [0.1, 0.15) is 10.6 Å². The van der Waals surface area contributed by atoms with Crippen molar-refractivity contribution in [2.24, 2.45) is 0 Å². The average Bonchev–Trinajstić information content (AvgIpc) is 3.38. The van der Waals surface area contributed by atoms with Crippen molar-refractivity contribution < 1.29 is 13.6 Å². The molecule has 7 heteroatoms. The number of amides is 1. The minimum atomic E-state index is -0.418. The van der Waals surface area contributed by atoms with Gasteiger partial charge in [0.05, 0.1) is 0 Å². The minimum Gasteiger partial charge on any atom is -0.451 e. The number of hydrogen-bond acceptors (Lipinski definition) is 5. The molecule has 5 aromatic rings. The number of fused-ring (bicyclic) bond motifs is 2. The number of aromatic nitrogens is 1. The van der Waals surface area contributed by atoms with Gasteiger partial charge in [0.1, 0.15) is 11.1 Å². The van der Waals surface area contributed by atoms with Gasteiger partial charge in [0, 0.05) is 16.6 Å². The van der Waals surface area contributed by atoms with E-state index in [9.17, 15) is 4.79 Å². The molecule has 0 saturated heterocycles. The molecule has 0 saturated carbocycles. The van der Waals surface area contributed by atoms with E-state index in [0.717, 1.165) is 22.0 Å². The van der Waals surface area contributed by atoms with Crippen molar-refractivity contribution in [2.75, 3.05) is 5.32 Å². The molecule has 2 aromatic heterocycles. The largest absolute Gasteiger partial charge is 0.451 e. The number of carbonyl (C=O) groups excluding carboxylic acids is 1. The molecule has 146 valence electrons. The number of thiocarbonyl (C=S) groups is 1. The Kier molecular flexibility index (Phi) is 4.49. The second kappa shape index (κ2) is 7.46. The average molecular weight is 413 g/mol. The summed E-state index contributed by atoms with van der Waals surface area (Å²) >= 11 is 5.28. The molecule has 0 aliphatic heterocycles. The molecule has 0 fully saturated rings. The van der Waals surface area contributed by atoms with E-state index in [-0.39, 0.29) is 10.9 Å². The van der Waals surface area contributed by atoms with Crippen LogP contribution in [0, 0.1) is 0 Å². The van der Waals surface area contributed by atoms with Crippen LogP contribution in [0.15, 0.2) is 87.7 Å². The van der Waals surface area contributed by atoms with E-state index in [1.54, 1.807) is 12.1 Å². The van der Waals surface area contributed by atoms with Crippen LogP contribution in [0.5, 0.6) is 0 Å².